The van der Waals surface area contributed by atoms with Gasteiger partial charge in [0.05, 0.1) is 28.4 Å². The lowest BCUT2D eigenvalue weighted by Gasteiger charge is -2.35. The van der Waals surface area contributed by atoms with Gasteiger partial charge in [-0.25, -0.2) is 0 Å². The summed E-state index contributed by atoms with van der Waals surface area (Å²) in [6.45, 7) is 0. The van der Waals surface area contributed by atoms with Crippen LogP contribution in [0.3, 0.4) is 0 Å². The summed E-state index contributed by atoms with van der Waals surface area (Å²) >= 11 is 0. The largest absolute Gasteiger partial charge is 0.480 e. The number of nitrogens with one attached hydrogen (secondary N) is 1. The number of nitrogens with zero attached hydrogens (tertiary/aromatic N) is 2. The molecular weight excluding hydrogens is 558 g/mol. The van der Waals surface area contributed by atoms with Gasteiger partial charge in [-0.1, -0.05) is 0 Å². The highest BCUT2D eigenvalue weighted by molar-refractivity contribution is 5.81. The number of piperidine rings is 3. The van der Waals surface area contributed by atoms with Crippen molar-refractivity contribution in [2.45, 2.75) is 94.0 Å². The van der Waals surface area contributed by atoms with Crippen molar-refractivity contribution in [3.05, 3.63) is 0 Å². The molecule has 0 amide bonds. The van der Waals surface area contributed by atoms with E-state index in [2.05, 4.69) is 24.3 Å². The van der Waals surface area contributed by atoms with Crippen LogP contribution in [0, 0.1) is 0 Å². The molecule has 3 saturated heterocycles. The molecule has 0 bridgehead atoms. The van der Waals surface area contributed by atoms with Gasteiger partial charge in [0, 0.05) is 0 Å². The minimum Gasteiger partial charge on any atom is -0.480 e. The average molecular weight is 604 g/mol. The fourth-order valence-electron chi connectivity index (χ4n) is 5.29. The van der Waals surface area contributed by atoms with Crippen LogP contribution >= 0.6 is 0 Å². The maximum atomic E-state index is 11.4. The number of carboxylic acid groups (broad SMARTS) is 2. The highest BCUT2D eigenvalue weighted by atomic mass is 16.5. The first-order chi connectivity index (χ1) is 19.8. The Labute approximate surface area is 245 Å². The van der Waals surface area contributed by atoms with E-state index in [4.69, 9.17) is 10.2 Å². The van der Waals surface area contributed by atoms with Gasteiger partial charge in [-0.3, -0.25) is 43.9 Å². The second-order valence-electron chi connectivity index (χ2n) is 10.2. The first kappa shape index (κ1) is 36.7. The molecule has 0 aromatic carbocycles. The summed E-state index contributed by atoms with van der Waals surface area (Å²) in [5, 5.41) is 20.5. The first-order valence-electron chi connectivity index (χ1n) is 13.8. The van der Waals surface area contributed by atoms with Crippen molar-refractivity contribution in [1.29, 1.82) is 0 Å². The van der Waals surface area contributed by atoms with Crippen molar-refractivity contribution in [3.8, 4) is 0 Å². The van der Waals surface area contributed by atoms with E-state index in [0.29, 0.717) is 32.1 Å². The number of likely N-dealkylation sites (tertiary alicyclic amines) is 2. The lowest BCUT2D eigenvalue weighted by molar-refractivity contribution is -0.156. The Balaban J connectivity index is 0.000000316. The normalized spacial score (nSPS) is 27.9. The van der Waals surface area contributed by atoms with Crippen LogP contribution in [0.15, 0.2) is 0 Å². The van der Waals surface area contributed by atoms with Crippen LogP contribution in [-0.4, -0.2) is 135 Å². The molecule has 15 heteroatoms. The van der Waals surface area contributed by atoms with E-state index in [1.807, 2.05) is 0 Å². The van der Waals surface area contributed by atoms with E-state index in [0.717, 1.165) is 25.7 Å². The van der Waals surface area contributed by atoms with Crippen molar-refractivity contribution in [3.63, 3.8) is 0 Å². The predicted octanol–water partition coefficient (Wildman–Crippen LogP) is 0.0369. The number of esters is 4. The predicted molar refractivity (Wildman–Crippen MR) is 146 cm³/mol. The Morgan fingerprint density at radius 3 is 1.12 bits per heavy atom. The molecule has 6 atom stereocenters. The smallest absolute Gasteiger partial charge is 0.323 e. The number of carboxylic acids is 2. The molecule has 42 heavy (non-hydrogen) atoms. The number of carbonyl (C=O) groups is 6. The molecule has 3 aliphatic heterocycles. The molecule has 3 aliphatic rings. The zero-order valence-electron chi connectivity index (χ0n) is 25.2. The number of hydrogen-bond donors (Lipinski definition) is 3. The zero-order chi connectivity index (χ0) is 32.0. The highest BCUT2D eigenvalue weighted by Crippen LogP contribution is 2.23. The lowest BCUT2D eigenvalue weighted by atomic mass is 9.96. The summed E-state index contributed by atoms with van der Waals surface area (Å²) in [4.78, 5) is 69.8. The maximum absolute atomic E-state index is 11.4. The lowest BCUT2D eigenvalue weighted by Crippen LogP contribution is -2.51. The van der Waals surface area contributed by atoms with Crippen LogP contribution in [0.25, 0.3) is 0 Å². The van der Waals surface area contributed by atoms with Crippen LogP contribution in [0.1, 0.15) is 57.8 Å². The summed E-state index contributed by atoms with van der Waals surface area (Å²) in [6.07, 6.45) is 6.29. The van der Waals surface area contributed by atoms with Crippen LogP contribution < -0.4 is 5.32 Å². The van der Waals surface area contributed by atoms with Gasteiger partial charge in [0.25, 0.3) is 0 Å². The molecule has 3 heterocycles. The van der Waals surface area contributed by atoms with Crippen LogP contribution in [-0.2, 0) is 47.7 Å². The molecule has 0 spiro atoms. The fourth-order valence-corrected chi connectivity index (χ4v) is 5.29. The zero-order valence-corrected chi connectivity index (χ0v) is 25.2. The minimum atomic E-state index is -0.937. The van der Waals surface area contributed by atoms with E-state index in [1.54, 1.807) is 19.0 Å². The number of hydrogen-bond acceptors (Lipinski definition) is 13. The number of likely N-dealkylation sites (N-methyl/N-ethyl adjacent to an activating group) is 2. The summed E-state index contributed by atoms with van der Waals surface area (Å²) in [5.41, 5.74) is 0. The average Bonchev–Trinajstić information content (AvgIpc) is 3.00. The van der Waals surface area contributed by atoms with Crippen molar-refractivity contribution < 1.29 is 57.9 Å². The van der Waals surface area contributed by atoms with Gasteiger partial charge in [0.1, 0.15) is 36.3 Å². The number of aliphatic carboxylic acids is 2. The molecule has 240 valence electrons. The maximum Gasteiger partial charge on any atom is 0.323 e. The molecule has 0 unspecified atom stereocenters. The van der Waals surface area contributed by atoms with Crippen molar-refractivity contribution in [2.24, 2.45) is 0 Å². The van der Waals surface area contributed by atoms with Crippen LogP contribution in [0.4, 0.5) is 0 Å². The third-order valence-corrected chi connectivity index (χ3v) is 7.75. The molecular formula is C27H45N3O12. The van der Waals surface area contributed by atoms with Crippen molar-refractivity contribution in [1.82, 2.24) is 15.1 Å². The highest BCUT2D eigenvalue weighted by Gasteiger charge is 2.37. The Morgan fingerprint density at radius 1 is 0.524 bits per heavy atom. The summed E-state index contributed by atoms with van der Waals surface area (Å²) in [7, 11) is 8.70. The van der Waals surface area contributed by atoms with E-state index < -0.39 is 24.0 Å². The third-order valence-electron chi connectivity index (χ3n) is 7.75. The fraction of sp³-hybridized carbons (Fsp3) is 0.778. The second-order valence-corrected chi connectivity index (χ2v) is 10.2. The van der Waals surface area contributed by atoms with E-state index >= 15 is 0 Å². The minimum absolute atomic E-state index is 0.286. The molecule has 0 aromatic rings. The SMILES string of the molecule is CN1[C@@H](C(=O)O)CCC[C@H]1C(=O)O.COC(=O)[C@@H]1CCC[C@H](C(=O)OC)N1.COC(=O)[C@H]1CCC[C@@H](C(=O)OC)N1C. The molecule has 0 saturated carbocycles. The Kier molecular flexibility index (Phi) is 16.0. The Hall–Kier alpha value is -3.30. The Bertz CT molecular complexity index is 877. The molecule has 0 aliphatic carbocycles. The van der Waals surface area contributed by atoms with E-state index in [-0.39, 0.29) is 48.0 Å². The van der Waals surface area contributed by atoms with Gasteiger partial charge < -0.3 is 29.2 Å². The number of methoxy groups -OCH3 is 4. The second kappa shape index (κ2) is 18.3. The number of rotatable bonds is 6. The Morgan fingerprint density at radius 2 is 0.810 bits per heavy atom. The van der Waals surface area contributed by atoms with Crippen LogP contribution in [0.5, 0.6) is 0 Å². The molecule has 15 nitrogen and oxygen atoms in total. The number of ether oxygens (including phenoxy) is 4. The number of carbonyl (C=O) groups excluding carboxylic acids is 4. The van der Waals surface area contributed by atoms with Gasteiger partial charge in [-0.05, 0) is 71.9 Å². The van der Waals surface area contributed by atoms with Gasteiger partial charge in [-0.2, -0.15) is 0 Å². The van der Waals surface area contributed by atoms with Crippen LogP contribution in [0.2, 0.25) is 0 Å². The molecule has 0 aromatic heterocycles. The van der Waals surface area contributed by atoms with Gasteiger partial charge in [0.15, 0.2) is 0 Å². The van der Waals surface area contributed by atoms with Crippen molar-refractivity contribution in [2.75, 3.05) is 42.5 Å². The first-order valence-corrected chi connectivity index (χ1v) is 13.8. The summed E-state index contributed by atoms with van der Waals surface area (Å²) in [6, 6.07) is -2.69. The van der Waals surface area contributed by atoms with Gasteiger partial charge in [0.2, 0.25) is 0 Å². The monoisotopic (exact) mass is 603 g/mol. The van der Waals surface area contributed by atoms with Gasteiger partial charge in [-0.15, -0.1) is 0 Å². The standard InChI is InChI=1S/C10H17NO4.C9H15NO4.C8H13NO4/c1-11-7(9(12)14-2)5-4-6-8(11)10(13)15-3;1-13-8(11)6-4-3-5-7(10-6)9(12)14-2;1-9-5(7(10)11)3-2-4-6(9)8(12)13/h7-8H,4-6H2,1-3H3;6-7,10H,3-5H2,1-2H3;5-6H,2-4H2,1H3,(H,10,11)(H,12,13)/t7-,8+;6-,7+;5-,6+. The topological polar surface area (TPSA) is 198 Å². The molecule has 0 radical (unpaired) electrons. The van der Waals surface area contributed by atoms with Gasteiger partial charge >= 0.3 is 35.8 Å². The molecule has 3 N–H and O–H groups in total. The molecule has 3 fully saturated rings. The van der Waals surface area contributed by atoms with Crippen molar-refractivity contribution >= 4 is 35.8 Å². The molecule has 3 rings (SSSR count). The third kappa shape index (κ3) is 10.5. The quantitative estimate of drug-likeness (QED) is 0.271. The van der Waals surface area contributed by atoms with E-state index in [1.165, 1.54) is 33.3 Å². The van der Waals surface area contributed by atoms with E-state index in [9.17, 15) is 28.8 Å². The summed E-state index contributed by atoms with van der Waals surface area (Å²) in [5.74, 6) is -3.09. The summed E-state index contributed by atoms with van der Waals surface area (Å²) < 4.78 is 18.6.